The molecule has 1 aliphatic heterocycles. The van der Waals surface area contributed by atoms with Gasteiger partial charge in [-0.05, 0) is 49.8 Å². The predicted octanol–water partition coefficient (Wildman–Crippen LogP) is 4.73. The molecule has 0 bridgehead atoms. The molecule has 0 fully saturated rings. The molecule has 1 heterocycles. The summed E-state index contributed by atoms with van der Waals surface area (Å²) >= 11 is 0. The second-order valence-electron chi connectivity index (χ2n) is 11.1. The van der Waals surface area contributed by atoms with Gasteiger partial charge >= 0.3 is 5.97 Å². The maximum atomic E-state index is 13.9. The standard InChI is InChI=1S/C29H45N3O3/c1-11-35-28(34)20(4)18-24(19(2)3)32(10)27(33)26(29(6,7)8)30-21(5)25-23-15-13-12-14-22(23)16-17-31(25)9/h12-15,18-19,24-26,30H,5,11,16-17H2,1-4,6-10H3/b20-18+/t24-,25?,26-/m1/s1. The van der Waals surface area contributed by atoms with Gasteiger partial charge in [-0.2, -0.15) is 0 Å². The van der Waals surface area contributed by atoms with Crippen molar-refractivity contribution in [3.8, 4) is 0 Å². The summed E-state index contributed by atoms with van der Waals surface area (Å²) in [5.74, 6) is -0.262. The van der Waals surface area contributed by atoms with E-state index in [1.165, 1.54) is 11.1 Å². The molecule has 1 unspecified atom stereocenters. The van der Waals surface area contributed by atoms with Crippen molar-refractivity contribution in [2.75, 3.05) is 27.2 Å². The molecule has 0 aliphatic carbocycles. The van der Waals surface area contributed by atoms with Crippen LogP contribution in [0.1, 0.15) is 65.6 Å². The Bertz CT molecular complexity index is 945. The quantitative estimate of drug-likeness (QED) is 0.407. The zero-order valence-electron chi connectivity index (χ0n) is 23.1. The predicted molar refractivity (Wildman–Crippen MR) is 143 cm³/mol. The summed E-state index contributed by atoms with van der Waals surface area (Å²) in [7, 11) is 3.92. The summed E-state index contributed by atoms with van der Waals surface area (Å²) in [4.78, 5) is 30.2. The van der Waals surface area contributed by atoms with Crippen molar-refractivity contribution in [2.24, 2.45) is 11.3 Å². The highest BCUT2D eigenvalue weighted by atomic mass is 16.5. The van der Waals surface area contributed by atoms with Crippen LogP contribution in [-0.4, -0.2) is 61.0 Å². The van der Waals surface area contributed by atoms with Crippen molar-refractivity contribution in [1.29, 1.82) is 0 Å². The molecule has 0 aromatic heterocycles. The lowest BCUT2D eigenvalue weighted by Gasteiger charge is -2.41. The number of nitrogens with one attached hydrogen (secondary N) is 1. The summed E-state index contributed by atoms with van der Waals surface area (Å²) in [5.41, 5.74) is 3.53. The van der Waals surface area contributed by atoms with Gasteiger partial charge in [-0.25, -0.2) is 4.79 Å². The molecule has 2 rings (SSSR count). The molecule has 1 aromatic rings. The van der Waals surface area contributed by atoms with Crippen LogP contribution in [0.3, 0.4) is 0 Å². The number of carbonyl (C=O) groups is 2. The Kier molecular flexibility index (Phi) is 9.73. The van der Waals surface area contributed by atoms with Crippen molar-refractivity contribution < 1.29 is 14.3 Å². The second-order valence-corrected chi connectivity index (χ2v) is 11.1. The summed E-state index contributed by atoms with van der Waals surface area (Å²) in [6.07, 6.45) is 2.85. The van der Waals surface area contributed by atoms with Gasteiger partial charge in [-0.1, -0.05) is 71.5 Å². The van der Waals surface area contributed by atoms with Gasteiger partial charge in [0.2, 0.25) is 5.91 Å². The van der Waals surface area contributed by atoms with E-state index in [0.29, 0.717) is 12.2 Å². The number of rotatable bonds is 9. The van der Waals surface area contributed by atoms with Gasteiger partial charge in [0, 0.05) is 24.9 Å². The highest BCUT2D eigenvalue weighted by Crippen LogP contribution is 2.34. The van der Waals surface area contributed by atoms with Crippen LogP contribution in [-0.2, 0) is 20.7 Å². The van der Waals surface area contributed by atoms with E-state index in [1.54, 1.807) is 18.7 Å². The van der Waals surface area contributed by atoms with E-state index in [2.05, 4.69) is 82.7 Å². The average Bonchev–Trinajstić information content (AvgIpc) is 2.78. The van der Waals surface area contributed by atoms with Gasteiger partial charge in [0.05, 0.1) is 18.7 Å². The summed E-state index contributed by atoms with van der Waals surface area (Å²) in [5, 5.41) is 3.53. The van der Waals surface area contributed by atoms with Crippen LogP contribution in [0.4, 0.5) is 0 Å². The third kappa shape index (κ3) is 6.97. The number of ether oxygens (including phenoxy) is 1. The van der Waals surface area contributed by atoms with E-state index in [1.807, 2.05) is 13.1 Å². The zero-order valence-corrected chi connectivity index (χ0v) is 23.1. The molecule has 0 saturated carbocycles. The van der Waals surface area contributed by atoms with Crippen molar-refractivity contribution in [2.45, 2.75) is 73.0 Å². The largest absolute Gasteiger partial charge is 0.463 e. The number of hydrogen-bond donors (Lipinski definition) is 1. The SMILES string of the molecule is C=C(N[C@H](C(=O)N(C)[C@H](/C=C(\C)C(=O)OCC)C(C)C)C(C)(C)C)C1c2ccccc2CCN1C. The highest BCUT2D eigenvalue weighted by Gasteiger charge is 2.38. The molecule has 0 radical (unpaired) electrons. The van der Waals surface area contributed by atoms with Crippen LogP contribution in [0.15, 0.2) is 48.2 Å². The van der Waals surface area contributed by atoms with Crippen molar-refractivity contribution >= 4 is 11.9 Å². The van der Waals surface area contributed by atoms with Gasteiger partial charge in [-0.3, -0.25) is 9.69 Å². The zero-order chi connectivity index (χ0) is 26.5. The Morgan fingerprint density at radius 3 is 2.49 bits per heavy atom. The van der Waals surface area contributed by atoms with Crippen LogP contribution in [0.25, 0.3) is 0 Å². The van der Waals surface area contributed by atoms with Crippen molar-refractivity contribution in [3.63, 3.8) is 0 Å². The van der Waals surface area contributed by atoms with Crippen LogP contribution in [0, 0.1) is 11.3 Å². The Labute approximate surface area is 212 Å². The highest BCUT2D eigenvalue weighted by molar-refractivity contribution is 5.88. The second kappa shape index (κ2) is 11.9. The van der Waals surface area contributed by atoms with Gasteiger partial charge < -0.3 is 15.0 Å². The molecule has 1 aliphatic rings. The molecule has 194 valence electrons. The fourth-order valence-electron chi connectivity index (χ4n) is 4.73. The van der Waals surface area contributed by atoms with Crippen LogP contribution in [0.2, 0.25) is 0 Å². The monoisotopic (exact) mass is 483 g/mol. The molecule has 6 nitrogen and oxygen atoms in total. The van der Waals surface area contributed by atoms with Crippen molar-refractivity contribution in [3.05, 3.63) is 59.3 Å². The lowest BCUT2D eigenvalue weighted by molar-refractivity contribution is -0.139. The number of likely N-dealkylation sites (N-methyl/N-ethyl adjacent to an activating group) is 2. The van der Waals surface area contributed by atoms with Gasteiger partial charge in [-0.15, -0.1) is 0 Å². The summed E-state index contributed by atoms with van der Waals surface area (Å²) in [6, 6.07) is 7.73. The number of fused-ring (bicyclic) bond motifs is 1. The first-order valence-electron chi connectivity index (χ1n) is 12.6. The van der Waals surface area contributed by atoms with Gasteiger partial charge in [0.25, 0.3) is 0 Å². The fourth-order valence-corrected chi connectivity index (χ4v) is 4.73. The minimum absolute atomic E-state index is 0.00486. The van der Waals surface area contributed by atoms with Crippen LogP contribution >= 0.6 is 0 Å². The van der Waals surface area contributed by atoms with E-state index in [4.69, 9.17) is 4.74 Å². The van der Waals surface area contributed by atoms with Crippen LogP contribution in [0.5, 0.6) is 0 Å². The average molecular weight is 484 g/mol. The van der Waals surface area contributed by atoms with Crippen molar-refractivity contribution in [1.82, 2.24) is 15.1 Å². The molecule has 3 atom stereocenters. The number of esters is 1. The normalized spacial score (nSPS) is 18.5. The number of carbonyl (C=O) groups excluding carboxylic acids is 2. The van der Waals surface area contributed by atoms with E-state index in [0.717, 1.165) is 18.7 Å². The minimum atomic E-state index is -0.486. The number of amides is 1. The lowest BCUT2D eigenvalue weighted by atomic mass is 9.84. The first-order chi connectivity index (χ1) is 16.3. The Balaban J connectivity index is 2.33. The number of nitrogens with zero attached hydrogens (tertiary/aromatic N) is 2. The topological polar surface area (TPSA) is 61.9 Å². The smallest absolute Gasteiger partial charge is 0.333 e. The van der Waals surface area contributed by atoms with Gasteiger partial charge in [0.15, 0.2) is 0 Å². The summed E-state index contributed by atoms with van der Waals surface area (Å²) < 4.78 is 5.15. The molecule has 35 heavy (non-hydrogen) atoms. The van der Waals surface area contributed by atoms with E-state index in [-0.39, 0.29) is 35.3 Å². The maximum Gasteiger partial charge on any atom is 0.333 e. The molecule has 1 amide bonds. The van der Waals surface area contributed by atoms with Gasteiger partial charge in [0.1, 0.15) is 6.04 Å². The number of hydrogen-bond acceptors (Lipinski definition) is 5. The molecular formula is C29H45N3O3. The molecule has 1 aromatic carbocycles. The van der Waals surface area contributed by atoms with E-state index >= 15 is 0 Å². The third-order valence-corrected chi connectivity index (χ3v) is 6.79. The molecule has 1 N–H and O–H groups in total. The van der Waals surface area contributed by atoms with Crippen LogP contribution < -0.4 is 5.32 Å². The molecule has 0 spiro atoms. The number of benzene rings is 1. The third-order valence-electron chi connectivity index (χ3n) is 6.79. The maximum absolute atomic E-state index is 13.9. The molecule has 6 heteroatoms. The first kappa shape index (κ1) is 28.6. The fraction of sp³-hybridized carbons (Fsp3) is 0.586. The minimum Gasteiger partial charge on any atom is -0.463 e. The Morgan fingerprint density at radius 2 is 1.91 bits per heavy atom. The van der Waals surface area contributed by atoms with E-state index in [9.17, 15) is 9.59 Å². The Hall–Kier alpha value is -2.60. The van der Waals surface area contributed by atoms with E-state index < -0.39 is 6.04 Å². The molecular weight excluding hydrogens is 438 g/mol. The Morgan fingerprint density at radius 1 is 1.29 bits per heavy atom. The lowest BCUT2D eigenvalue weighted by Crippen LogP contribution is -2.55. The summed E-state index contributed by atoms with van der Waals surface area (Å²) in [6.45, 7) is 19.5. The molecule has 0 saturated heterocycles. The first-order valence-corrected chi connectivity index (χ1v) is 12.6.